The average molecular weight is 172 g/mol. The van der Waals surface area contributed by atoms with Gasteiger partial charge in [0.2, 0.25) is 0 Å². The molecule has 0 unspecified atom stereocenters. The molecule has 0 bridgehead atoms. The Hall–Kier alpha value is -1.12. The number of carbonyl (C=O) groups is 2. The predicted octanol–water partition coefficient (Wildman–Crippen LogP) is 1.72. The molecule has 0 N–H and O–H groups in total. The number of ketones is 1. The summed E-state index contributed by atoms with van der Waals surface area (Å²) < 4.78 is 4.14. The predicted molar refractivity (Wildman–Crippen MR) is 47.8 cm³/mol. The molecule has 3 nitrogen and oxygen atoms in total. The first kappa shape index (κ1) is 13.5. The van der Waals surface area contributed by atoms with E-state index in [0.717, 1.165) is 6.08 Å². The maximum Gasteiger partial charge on any atom is 0.329 e. The highest BCUT2D eigenvalue weighted by Crippen LogP contribution is 1.83. The number of rotatable bonds is 3. The molecule has 12 heavy (non-hydrogen) atoms. The van der Waals surface area contributed by atoms with Crippen molar-refractivity contribution in [1.82, 2.24) is 0 Å². The van der Waals surface area contributed by atoms with Gasteiger partial charge in [-0.2, -0.15) is 0 Å². The van der Waals surface area contributed by atoms with Crippen molar-refractivity contribution in [3.63, 3.8) is 0 Å². The van der Waals surface area contributed by atoms with Gasteiger partial charge in [0.25, 0.3) is 0 Å². The van der Waals surface area contributed by atoms with Crippen molar-refractivity contribution in [2.75, 3.05) is 7.11 Å². The largest absolute Gasteiger partial charge is 0.466 e. The summed E-state index contributed by atoms with van der Waals surface area (Å²) in [5, 5.41) is 0. The minimum Gasteiger partial charge on any atom is -0.466 e. The first-order valence-electron chi connectivity index (χ1n) is 3.84. The van der Waals surface area contributed by atoms with Crippen LogP contribution < -0.4 is 0 Å². The van der Waals surface area contributed by atoms with Crippen molar-refractivity contribution in [3.05, 3.63) is 12.7 Å². The molecule has 0 saturated carbocycles. The quantitative estimate of drug-likeness (QED) is 0.481. The third-order valence-electron chi connectivity index (χ3n) is 1.16. The van der Waals surface area contributed by atoms with Crippen LogP contribution in [0.15, 0.2) is 12.7 Å². The van der Waals surface area contributed by atoms with E-state index >= 15 is 0 Å². The second-order valence-electron chi connectivity index (χ2n) is 1.97. The van der Waals surface area contributed by atoms with E-state index in [0.29, 0.717) is 18.6 Å². The van der Waals surface area contributed by atoms with Gasteiger partial charge in [0.1, 0.15) is 5.78 Å². The van der Waals surface area contributed by atoms with Crippen molar-refractivity contribution < 1.29 is 14.3 Å². The van der Waals surface area contributed by atoms with Gasteiger partial charge in [0.05, 0.1) is 7.11 Å². The Kier molecular flexibility index (Phi) is 11.1. The third kappa shape index (κ3) is 11.6. The Morgan fingerprint density at radius 2 is 1.75 bits per heavy atom. The molecule has 0 aliphatic heterocycles. The van der Waals surface area contributed by atoms with Crippen LogP contribution in [-0.4, -0.2) is 18.9 Å². The molecule has 3 heteroatoms. The molecule has 0 aliphatic rings. The molecule has 0 aliphatic carbocycles. The van der Waals surface area contributed by atoms with Gasteiger partial charge in [-0.1, -0.05) is 20.4 Å². The van der Waals surface area contributed by atoms with Crippen molar-refractivity contribution in [3.8, 4) is 0 Å². The second-order valence-corrected chi connectivity index (χ2v) is 1.97. The number of esters is 1. The van der Waals surface area contributed by atoms with Crippen LogP contribution in [0.4, 0.5) is 0 Å². The molecule has 0 heterocycles. The summed E-state index contributed by atoms with van der Waals surface area (Å²) in [5.41, 5.74) is 0. The van der Waals surface area contributed by atoms with Gasteiger partial charge in [0, 0.05) is 18.9 Å². The fourth-order valence-corrected chi connectivity index (χ4v) is 0.333. The Morgan fingerprint density at radius 1 is 1.33 bits per heavy atom. The zero-order chi connectivity index (χ0) is 9.98. The topological polar surface area (TPSA) is 43.4 Å². The molecule has 0 aromatic carbocycles. The van der Waals surface area contributed by atoms with Crippen LogP contribution in [0.2, 0.25) is 0 Å². The van der Waals surface area contributed by atoms with Crippen LogP contribution >= 0.6 is 0 Å². The lowest BCUT2D eigenvalue weighted by molar-refractivity contribution is -0.134. The molecular formula is C9H16O3. The van der Waals surface area contributed by atoms with E-state index in [4.69, 9.17) is 0 Å². The molecule has 0 aromatic heterocycles. The molecule has 0 saturated heterocycles. The van der Waals surface area contributed by atoms with Gasteiger partial charge in [-0.3, -0.25) is 4.79 Å². The summed E-state index contributed by atoms with van der Waals surface area (Å²) in [6.07, 6.45) is 2.49. The second kappa shape index (κ2) is 9.88. The molecule has 0 rings (SSSR count). The summed E-state index contributed by atoms with van der Waals surface area (Å²) in [6.45, 7) is 6.92. The van der Waals surface area contributed by atoms with Crippen molar-refractivity contribution in [1.29, 1.82) is 0 Å². The Labute approximate surface area is 73.4 Å². The lowest BCUT2D eigenvalue weighted by Crippen LogP contribution is -1.91. The molecule has 0 atom stereocenters. The fourth-order valence-electron chi connectivity index (χ4n) is 0.333. The first-order valence-corrected chi connectivity index (χ1v) is 3.84. The van der Waals surface area contributed by atoms with Crippen LogP contribution in [0, 0.1) is 0 Å². The summed E-state index contributed by atoms with van der Waals surface area (Å²) in [6, 6.07) is 0. The number of hydrogen-bond donors (Lipinski definition) is 0. The van der Waals surface area contributed by atoms with Crippen LogP contribution in [-0.2, 0) is 14.3 Å². The van der Waals surface area contributed by atoms with Crippen LogP contribution in [0.1, 0.15) is 26.7 Å². The Bertz CT molecular complexity index is 144. The molecule has 0 aromatic rings. The minimum absolute atomic E-state index is 0.343. The lowest BCUT2D eigenvalue weighted by atomic mass is 10.3. The van der Waals surface area contributed by atoms with E-state index in [1.165, 1.54) is 7.11 Å². The molecular weight excluding hydrogens is 156 g/mol. The van der Waals surface area contributed by atoms with Crippen molar-refractivity contribution >= 4 is 11.8 Å². The molecule has 70 valence electrons. The molecule has 0 spiro atoms. The standard InChI is InChI=1S/C5H10O.C4H6O2/c1-3-5(6)4-2;1-3-4(5)6-2/h3-4H2,1-2H3;3H,1H2,2H3. The highest BCUT2D eigenvalue weighted by molar-refractivity contribution is 5.80. The highest BCUT2D eigenvalue weighted by atomic mass is 16.5. The minimum atomic E-state index is -0.394. The van der Waals surface area contributed by atoms with E-state index < -0.39 is 5.97 Å². The van der Waals surface area contributed by atoms with Crippen molar-refractivity contribution in [2.24, 2.45) is 0 Å². The molecule has 0 radical (unpaired) electrons. The van der Waals surface area contributed by atoms with E-state index in [9.17, 15) is 9.59 Å². The summed E-state index contributed by atoms with van der Waals surface area (Å²) in [7, 11) is 1.31. The van der Waals surface area contributed by atoms with Gasteiger partial charge in [-0.25, -0.2) is 4.79 Å². The van der Waals surface area contributed by atoms with Gasteiger partial charge in [-0.05, 0) is 0 Å². The van der Waals surface area contributed by atoms with Crippen molar-refractivity contribution in [2.45, 2.75) is 26.7 Å². The van der Waals surface area contributed by atoms with E-state index in [1.54, 1.807) is 0 Å². The molecule has 0 fully saturated rings. The van der Waals surface area contributed by atoms with Gasteiger partial charge in [0.15, 0.2) is 0 Å². The maximum absolute atomic E-state index is 10.2. The summed E-state index contributed by atoms with van der Waals surface area (Å²) in [4.78, 5) is 20.0. The maximum atomic E-state index is 10.2. The van der Waals surface area contributed by atoms with Gasteiger partial charge >= 0.3 is 5.97 Å². The number of hydrogen-bond acceptors (Lipinski definition) is 3. The summed E-state index contributed by atoms with van der Waals surface area (Å²) >= 11 is 0. The van der Waals surface area contributed by atoms with E-state index in [2.05, 4.69) is 11.3 Å². The summed E-state index contributed by atoms with van der Waals surface area (Å²) in [5.74, 6) is -0.0509. The zero-order valence-corrected chi connectivity index (χ0v) is 7.92. The fraction of sp³-hybridized carbons (Fsp3) is 0.556. The van der Waals surface area contributed by atoms with Gasteiger partial charge in [-0.15, -0.1) is 0 Å². The molecule has 0 amide bonds. The zero-order valence-electron chi connectivity index (χ0n) is 7.92. The van der Waals surface area contributed by atoms with E-state index in [1.807, 2.05) is 13.8 Å². The van der Waals surface area contributed by atoms with Crippen LogP contribution in [0.3, 0.4) is 0 Å². The highest BCUT2D eigenvalue weighted by Gasteiger charge is 1.86. The Balaban J connectivity index is 0. The SMILES string of the molecule is C=CC(=O)OC.CCC(=O)CC. The Morgan fingerprint density at radius 3 is 1.75 bits per heavy atom. The van der Waals surface area contributed by atoms with Gasteiger partial charge < -0.3 is 4.74 Å². The monoisotopic (exact) mass is 172 g/mol. The number of ether oxygens (including phenoxy) is 1. The lowest BCUT2D eigenvalue weighted by Gasteiger charge is -1.83. The average Bonchev–Trinajstić information content (AvgIpc) is 2.16. The first-order chi connectivity index (χ1) is 5.62. The third-order valence-corrected chi connectivity index (χ3v) is 1.16. The number of carbonyl (C=O) groups excluding carboxylic acids is 2. The van der Waals surface area contributed by atoms with Crippen LogP contribution in [0.25, 0.3) is 0 Å². The smallest absolute Gasteiger partial charge is 0.329 e. The van der Waals surface area contributed by atoms with Crippen LogP contribution in [0.5, 0.6) is 0 Å². The number of Topliss-reactive ketones (excluding diaryl/α,β-unsaturated/α-hetero) is 1. The number of methoxy groups -OCH3 is 1. The van der Waals surface area contributed by atoms with E-state index in [-0.39, 0.29) is 0 Å². The normalized spacial score (nSPS) is 7.58.